The average molecular weight is 312 g/mol. The number of carboxylic acid groups (broad SMARTS) is 1. The predicted octanol–water partition coefficient (Wildman–Crippen LogP) is 2.13. The van der Waals surface area contributed by atoms with Gasteiger partial charge in [-0.15, -0.1) is 0 Å². The third kappa shape index (κ3) is 3.35. The van der Waals surface area contributed by atoms with Gasteiger partial charge in [-0.1, -0.05) is 36.2 Å². The summed E-state index contributed by atoms with van der Waals surface area (Å²) < 4.78 is 26.0. The molecule has 18 heavy (non-hydrogen) atoms. The molecule has 0 spiro atoms. The summed E-state index contributed by atoms with van der Waals surface area (Å²) in [6, 6.07) is 2.91. The summed E-state index contributed by atoms with van der Waals surface area (Å²) in [5, 5.41) is 8.77. The van der Waals surface area contributed by atoms with E-state index in [1.165, 1.54) is 18.2 Å². The minimum atomic E-state index is -4.02. The molecule has 0 saturated heterocycles. The lowest BCUT2D eigenvalue weighted by Gasteiger charge is -2.13. The van der Waals surface area contributed by atoms with E-state index in [0.717, 1.165) is 0 Å². The van der Waals surface area contributed by atoms with Gasteiger partial charge in [-0.25, -0.2) is 8.42 Å². The van der Waals surface area contributed by atoms with E-state index >= 15 is 0 Å². The van der Waals surface area contributed by atoms with E-state index in [1.54, 1.807) is 6.92 Å². The second kappa shape index (κ2) is 5.88. The maximum atomic E-state index is 12.0. The Morgan fingerprint density at radius 1 is 1.44 bits per heavy atom. The van der Waals surface area contributed by atoms with Gasteiger partial charge in [-0.3, -0.25) is 4.79 Å². The summed E-state index contributed by atoms with van der Waals surface area (Å²) in [5.41, 5.74) is 0. The van der Waals surface area contributed by atoms with E-state index in [2.05, 4.69) is 4.72 Å². The highest BCUT2D eigenvalue weighted by atomic mass is 35.5. The van der Waals surface area contributed by atoms with Crippen molar-refractivity contribution in [2.75, 3.05) is 0 Å². The number of benzene rings is 1. The fourth-order valence-corrected chi connectivity index (χ4v) is 3.28. The van der Waals surface area contributed by atoms with Crippen molar-refractivity contribution in [2.24, 2.45) is 0 Å². The molecule has 0 amide bonds. The van der Waals surface area contributed by atoms with E-state index in [4.69, 9.17) is 28.3 Å². The van der Waals surface area contributed by atoms with Gasteiger partial charge >= 0.3 is 5.97 Å². The van der Waals surface area contributed by atoms with Crippen LogP contribution in [0.5, 0.6) is 0 Å². The molecular formula is C10H11Cl2NO4S. The highest BCUT2D eigenvalue weighted by Crippen LogP contribution is 2.28. The van der Waals surface area contributed by atoms with Gasteiger partial charge in [0.2, 0.25) is 10.0 Å². The number of hydrogen-bond donors (Lipinski definition) is 2. The molecule has 0 fully saturated rings. The van der Waals surface area contributed by atoms with Crippen LogP contribution in [0.3, 0.4) is 0 Å². The molecular weight excluding hydrogens is 301 g/mol. The van der Waals surface area contributed by atoms with Crippen LogP contribution in [0.1, 0.15) is 13.3 Å². The van der Waals surface area contributed by atoms with Gasteiger partial charge in [0.05, 0.1) is 10.0 Å². The lowest BCUT2D eigenvalue weighted by molar-refractivity contribution is -0.139. The first-order valence-electron chi connectivity index (χ1n) is 4.98. The van der Waals surface area contributed by atoms with Crippen molar-refractivity contribution in [1.29, 1.82) is 0 Å². The number of nitrogens with one attached hydrogen (secondary N) is 1. The number of sulfonamides is 1. The lowest BCUT2D eigenvalue weighted by Crippen LogP contribution is -2.40. The third-order valence-electron chi connectivity index (χ3n) is 2.21. The Labute approximate surface area is 115 Å². The molecule has 1 aromatic rings. The van der Waals surface area contributed by atoms with Crippen molar-refractivity contribution in [2.45, 2.75) is 24.3 Å². The molecule has 0 aliphatic rings. The van der Waals surface area contributed by atoms with Crippen LogP contribution in [0.25, 0.3) is 0 Å². The third-order valence-corrected chi connectivity index (χ3v) is 4.65. The molecule has 1 rings (SSSR count). The highest BCUT2D eigenvalue weighted by molar-refractivity contribution is 7.89. The zero-order valence-electron chi connectivity index (χ0n) is 9.35. The fraction of sp³-hybridized carbons (Fsp3) is 0.300. The Hall–Kier alpha value is -0.820. The molecule has 0 radical (unpaired) electrons. The van der Waals surface area contributed by atoms with Crippen molar-refractivity contribution in [3.05, 3.63) is 28.2 Å². The first kappa shape index (κ1) is 15.2. The number of rotatable bonds is 5. The second-order valence-electron chi connectivity index (χ2n) is 3.47. The monoisotopic (exact) mass is 311 g/mol. The zero-order chi connectivity index (χ0) is 13.9. The summed E-state index contributed by atoms with van der Waals surface area (Å²) in [6.07, 6.45) is 0.118. The van der Waals surface area contributed by atoms with Crippen LogP contribution in [0, 0.1) is 0 Å². The molecule has 100 valence electrons. The summed E-state index contributed by atoms with van der Waals surface area (Å²) in [4.78, 5) is 10.6. The molecule has 1 atom stereocenters. The van der Waals surface area contributed by atoms with E-state index < -0.39 is 22.0 Å². The number of hydrogen-bond acceptors (Lipinski definition) is 3. The number of aliphatic carboxylic acids is 1. The smallest absolute Gasteiger partial charge is 0.321 e. The van der Waals surface area contributed by atoms with Gasteiger partial charge in [-0.2, -0.15) is 4.72 Å². The minimum absolute atomic E-state index is 0.0860. The highest BCUT2D eigenvalue weighted by Gasteiger charge is 2.26. The van der Waals surface area contributed by atoms with E-state index in [0.29, 0.717) is 0 Å². The van der Waals surface area contributed by atoms with Crippen molar-refractivity contribution >= 4 is 39.2 Å². The number of halogens is 2. The van der Waals surface area contributed by atoms with Crippen LogP contribution in [-0.2, 0) is 14.8 Å². The standard InChI is InChI=1S/C10H11Cl2NO4S/c1-2-7(10(14)15)13-18(16,17)8-5-3-4-6(11)9(8)12/h3-5,7,13H,2H2,1H3,(H,14,15). The van der Waals surface area contributed by atoms with Crippen LogP contribution >= 0.6 is 23.2 Å². The van der Waals surface area contributed by atoms with Crippen molar-refractivity contribution in [3.8, 4) is 0 Å². The van der Waals surface area contributed by atoms with Crippen LogP contribution in [-0.4, -0.2) is 25.5 Å². The topological polar surface area (TPSA) is 83.5 Å². The summed E-state index contributed by atoms with van der Waals surface area (Å²) >= 11 is 11.5. The normalized spacial score (nSPS) is 13.3. The first-order chi connectivity index (χ1) is 8.29. The van der Waals surface area contributed by atoms with Crippen LogP contribution in [0.15, 0.2) is 23.1 Å². The fourth-order valence-electron chi connectivity index (χ4n) is 1.25. The second-order valence-corrected chi connectivity index (χ2v) is 5.94. The molecule has 5 nitrogen and oxygen atoms in total. The summed E-state index contributed by atoms with van der Waals surface area (Å²) in [6.45, 7) is 1.56. The SMILES string of the molecule is CCC(NS(=O)(=O)c1cccc(Cl)c1Cl)C(=O)O. The first-order valence-corrected chi connectivity index (χ1v) is 7.22. The van der Waals surface area contributed by atoms with Gasteiger partial charge in [0, 0.05) is 0 Å². The number of carboxylic acids is 1. The molecule has 0 bridgehead atoms. The molecule has 8 heteroatoms. The summed E-state index contributed by atoms with van der Waals surface area (Å²) in [7, 11) is -4.02. The molecule has 2 N–H and O–H groups in total. The molecule has 0 aliphatic carbocycles. The van der Waals surface area contributed by atoms with E-state index in [-0.39, 0.29) is 21.4 Å². The van der Waals surface area contributed by atoms with Gasteiger partial charge in [-0.05, 0) is 18.6 Å². The van der Waals surface area contributed by atoms with Gasteiger partial charge in [0.25, 0.3) is 0 Å². The van der Waals surface area contributed by atoms with Crippen molar-refractivity contribution < 1.29 is 18.3 Å². The average Bonchev–Trinajstić information content (AvgIpc) is 2.29. The van der Waals surface area contributed by atoms with Crippen molar-refractivity contribution in [1.82, 2.24) is 4.72 Å². The maximum Gasteiger partial charge on any atom is 0.321 e. The number of carbonyl (C=O) groups is 1. The molecule has 0 heterocycles. The molecule has 1 aromatic carbocycles. The predicted molar refractivity (Wildman–Crippen MR) is 68.5 cm³/mol. The largest absolute Gasteiger partial charge is 0.480 e. The van der Waals surface area contributed by atoms with E-state index in [1.807, 2.05) is 0 Å². The quantitative estimate of drug-likeness (QED) is 0.872. The Morgan fingerprint density at radius 2 is 2.06 bits per heavy atom. The zero-order valence-corrected chi connectivity index (χ0v) is 11.7. The van der Waals surface area contributed by atoms with Crippen LogP contribution < -0.4 is 4.72 Å². The minimum Gasteiger partial charge on any atom is -0.480 e. The Bertz CT molecular complexity index is 559. The van der Waals surface area contributed by atoms with Gasteiger partial charge in [0.1, 0.15) is 10.9 Å². The Balaban J connectivity index is 3.14. The molecule has 1 unspecified atom stereocenters. The lowest BCUT2D eigenvalue weighted by atomic mass is 10.2. The molecule has 0 saturated carbocycles. The van der Waals surface area contributed by atoms with Gasteiger partial charge in [0.15, 0.2) is 0 Å². The summed E-state index contributed by atoms with van der Waals surface area (Å²) in [5.74, 6) is -1.25. The molecule has 0 aromatic heterocycles. The van der Waals surface area contributed by atoms with Crippen LogP contribution in [0.4, 0.5) is 0 Å². The van der Waals surface area contributed by atoms with Crippen molar-refractivity contribution in [3.63, 3.8) is 0 Å². The van der Waals surface area contributed by atoms with E-state index in [9.17, 15) is 13.2 Å². The Kier molecular flexibility index (Phi) is 4.98. The molecule has 0 aliphatic heterocycles. The Morgan fingerprint density at radius 3 is 2.56 bits per heavy atom. The maximum absolute atomic E-state index is 12.0. The van der Waals surface area contributed by atoms with Crippen LogP contribution in [0.2, 0.25) is 10.0 Å². The van der Waals surface area contributed by atoms with Gasteiger partial charge < -0.3 is 5.11 Å².